The zero-order valence-corrected chi connectivity index (χ0v) is 7.55. The van der Waals surface area contributed by atoms with E-state index in [1.165, 1.54) is 0 Å². The second-order valence-corrected chi connectivity index (χ2v) is 3.37. The first-order chi connectivity index (χ1) is 6.25. The Balaban J connectivity index is 1.95. The summed E-state index contributed by atoms with van der Waals surface area (Å²) in [5.41, 5.74) is 5.52. The minimum absolute atomic E-state index is 0.209. The van der Waals surface area contributed by atoms with Crippen LogP contribution < -0.4 is 5.73 Å². The molecule has 72 valence electrons. The zero-order valence-electron chi connectivity index (χ0n) is 7.55. The Morgan fingerprint density at radius 2 is 2.46 bits per heavy atom. The van der Waals surface area contributed by atoms with Crippen molar-refractivity contribution in [2.24, 2.45) is 0 Å². The van der Waals surface area contributed by atoms with E-state index in [-0.39, 0.29) is 6.10 Å². The van der Waals surface area contributed by atoms with Gasteiger partial charge in [-0.1, -0.05) is 5.10 Å². The summed E-state index contributed by atoms with van der Waals surface area (Å²) < 4.78 is 7.19. The molecule has 0 saturated carbocycles. The summed E-state index contributed by atoms with van der Waals surface area (Å²) in [5.74, 6) is 0.350. The minimum Gasteiger partial charge on any atom is -0.373 e. The van der Waals surface area contributed by atoms with Crippen LogP contribution in [0, 0.1) is 0 Å². The van der Waals surface area contributed by atoms with Crippen LogP contribution in [0.2, 0.25) is 0 Å². The molecule has 1 saturated heterocycles. The van der Waals surface area contributed by atoms with Gasteiger partial charge in [-0.05, 0) is 30.2 Å². The van der Waals surface area contributed by atoms with Crippen molar-refractivity contribution in [2.75, 3.05) is 5.73 Å². The number of nitrogens with two attached hydrogens (primary N) is 1. The van der Waals surface area contributed by atoms with E-state index >= 15 is 0 Å². The lowest BCUT2D eigenvalue weighted by molar-refractivity contribution is 0.0437. The highest BCUT2D eigenvalue weighted by molar-refractivity contribution is 5.10. The Morgan fingerprint density at radius 3 is 3.00 bits per heavy atom. The number of ether oxygens (including phenoxy) is 1. The first kappa shape index (κ1) is 8.43. The molecule has 0 spiro atoms. The van der Waals surface area contributed by atoms with Crippen LogP contribution in [0.3, 0.4) is 0 Å². The fourth-order valence-corrected chi connectivity index (χ4v) is 1.55. The number of rotatable bonds is 2. The fraction of sp³-hybridized carbons (Fsp3) is 0.857. The first-order valence-corrected chi connectivity index (χ1v) is 4.43. The Morgan fingerprint density at radius 1 is 1.62 bits per heavy atom. The molecule has 2 N–H and O–H groups in total. The summed E-state index contributed by atoms with van der Waals surface area (Å²) in [5, 5.41) is 10.8. The van der Waals surface area contributed by atoms with Crippen LogP contribution >= 0.6 is 0 Å². The third-order valence-corrected chi connectivity index (χ3v) is 2.26. The van der Waals surface area contributed by atoms with E-state index in [1.807, 2.05) is 0 Å². The van der Waals surface area contributed by atoms with Crippen molar-refractivity contribution >= 4 is 5.95 Å². The Hall–Kier alpha value is -1.17. The van der Waals surface area contributed by atoms with Crippen molar-refractivity contribution in [1.29, 1.82) is 0 Å². The maximum atomic E-state index is 5.62. The molecule has 2 atom stereocenters. The minimum atomic E-state index is 0.209. The van der Waals surface area contributed by atoms with Crippen LogP contribution in [-0.2, 0) is 11.3 Å². The van der Waals surface area contributed by atoms with Crippen LogP contribution in [0.5, 0.6) is 0 Å². The van der Waals surface area contributed by atoms with Gasteiger partial charge in [-0.25, -0.2) is 4.68 Å². The lowest BCUT2D eigenvalue weighted by atomic mass is 10.2. The summed E-state index contributed by atoms with van der Waals surface area (Å²) in [6.07, 6.45) is 2.72. The molecule has 6 nitrogen and oxygen atoms in total. The SMILES string of the molecule is CC1CCC(Cn2nnnc2N)O1. The molecule has 6 heteroatoms. The van der Waals surface area contributed by atoms with Crippen LogP contribution in [0.4, 0.5) is 5.95 Å². The van der Waals surface area contributed by atoms with Gasteiger partial charge in [-0.15, -0.1) is 0 Å². The summed E-state index contributed by atoms with van der Waals surface area (Å²) in [7, 11) is 0. The molecule has 2 heterocycles. The van der Waals surface area contributed by atoms with Gasteiger partial charge in [0.1, 0.15) is 0 Å². The molecule has 1 aromatic rings. The highest BCUT2D eigenvalue weighted by Gasteiger charge is 2.22. The lowest BCUT2D eigenvalue weighted by Crippen LogP contribution is -2.18. The van der Waals surface area contributed by atoms with E-state index in [2.05, 4.69) is 22.4 Å². The zero-order chi connectivity index (χ0) is 9.26. The van der Waals surface area contributed by atoms with Crippen molar-refractivity contribution in [3.8, 4) is 0 Å². The van der Waals surface area contributed by atoms with Gasteiger partial charge in [-0.3, -0.25) is 0 Å². The van der Waals surface area contributed by atoms with Crippen LogP contribution in [0.15, 0.2) is 0 Å². The molecular formula is C7H13N5O. The maximum absolute atomic E-state index is 5.62. The largest absolute Gasteiger partial charge is 0.373 e. The molecule has 1 fully saturated rings. The number of nitrogens with zero attached hydrogens (tertiary/aromatic N) is 4. The molecule has 1 aromatic heterocycles. The summed E-state index contributed by atoms with van der Waals surface area (Å²) >= 11 is 0. The van der Waals surface area contributed by atoms with Gasteiger partial charge in [0.25, 0.3) is 0 Å². The van der Waals surface area contributed by atoms with Gasteiger partial charge in [0.2, 0.25) is 5.95 Å². The van der Waals surface area contributed by atoms with Gasteiger partial charge in [0.15, 0.2) is 0 Å². The van der Waals surface area contributed by atoms with Crippen molar-refractivity contribution < 1.29 is 4.74 Å². The Bertz CT molecular complexity index is 286. The number of anilines is 1. The highest BCUT2D eigenvalue weighted by Crippen LogP contribution is 2.20. The van der Waals surface area contributed by atoms with Crippen molar-refractivity contribution in [2.45, 2.75) is 38.5 Å². The molecule has 0 aromatic carbocycles. The van der Waals surface area contributed by atoms with Gasteiger partial charge < -0.3 is 10.5 Å². The molecule has 1 aliphatic rings. The molecule has 0 bridgehead atoms. The standard InChI is InChI=1S/C7H13N5O/c1-5-2-3-6(13-5)4-12-7(8)9-10-11-12/h5-6H,2-4H2,1H3,(H2,8,9,11). The Kier molecular flexibility index (Phi) is 2.13. The van der Waals surface area contributed by atoms with E-state index in [0.29, 0.717) is 18.6 Å². The van der Waals surface area contributed by atoms with Crippen LogP contribution in [-0.4, -0.2) is 32.4 Å². The molecule has 2 rings (SSSR count). The predicted octanol–water partition coefficient (Wildman–Crippen LogP) is -0.177. The third-order valence-electron chi connectivity index (χ3n) is 2.26. The molecular weight excluding hydrogens is 170 g/mol. The average molecular weight is 183 g/mol. The molecule has 0 amide bonds. The monoisotopic (exact) mass is 183 g/mol. The van der Waals surface area contributed by atoms with Crippen LogP contribution in [0.25, 0.3) is 0 Å². The summed E-state index contributed by atoms with van der Waals surface area (Å²) in [4.78, 5) is 0. The molecule has 0 aliphatic carbocycles. The van der Waals surface area contributed by atoms with Gasteiger partial charge in [0.05, 0.1) is 18.8 Å². The second kappa shape index (κ2) is 3.29. The number of nitrogen functional groups attached to an aromatic ring is 1. The van der Waals surface area contributed by atoms with Gasteiger partial charge in [-0.2, -0.15) is 0 Å². The van der Waals surface area contributed by atoms with Gasteiger partial charge >= 0.3 is 0 Å². The number of hydrogen-bond donors (Lipinski definition) is 1. The van der Waals surface area contributed by atoms with E-state index < -0.39 is 0 Å². The summed E-state index contributed by atoms with van der Waals surface area (Å²) in [6.45, 7) is 2.73. The Labute approximate surface area is 76.1 Å². The molecule has 0 radical (unpaired) electrons. The number of aromatic nitrogens is 4. The van der Waals surface area contributed by atoms with E-state index in [9.17, 15) is 0 Å². The predicted molar refractivity (Wildman–Crippen MR) is 45.8 cm³/mol. The van der Waals surface area contributed by atoms with E-state index in [1.54, 1.807) is 4.68 Å². The van der Waals surface area contributed by atoms with E-state index in [0.717, 1.165) is 12.8 Å². The average Bonchev–Trinajstić information content (AvgIpc) is 2.64. The topological polar surface area (TPSA) is 78.9 Å². The number of tetrazole rings is 1. The molecule has 2 unspecified atom stereocenters. The highest BCUT2D eigenvalue weighted by atomic mass is 16.5. The quantitative estimate of drug-likeness (QED) is 0.688. The third kappa shape index (κ3) is 1.77. The smallest absolute Gasteiger partial charge is 0.240 e. The van der Waals surface area contributed by atoms with Crippen molar-refractivity contribution in [3.05, 3.63) is 0 Å². The number of hydrogen-bond acceptors (Lipinski definition) is 5. The van der Waals surface area contributed by atoms with Crippen molar-refractivity contribution in [3.63, 3.8) is 0 Å². The second-order valence-electron chi connectivity index (χ2n) is 3.37. The normalized spacial score (nSPS) is 28.1. The van der Waals surface area contributed by atoms with Crippen molar-refractivity contribution in [1.82, 2.24) is 20.2 Å². The molecule has 1 aliphatic heterocycles. The van der Waals surface area contributed by atoms with Gasteiger partial charge in [0, 0.05) is 0 Å². The van der Waals surface area contributed by atoms with Crippen LogP contribution in [0.1, 0.15) is 19.8 Å². The van der Waals surface area contributed by atoms with E-state index in [4.69, 9.17) is 10.5 Å². The summed E-state index contributed by atoms with van der Waals surface area (Å²) in [6, 6.07) is 0. The maximum Gasteiger partial charge on any atom is 0.240 e. The fourth-order valence-electron chi connectivity index (χ4n) is 1.55. The lowest BCUT2D eigenvalue weighted by Gasteiger charge is -2.10. The molecule has 13 heavy (non-hydrogen) atoms. The first-order valence-electron chi connectivity index (χ1n) is 4.43.